The van der Waals surface area contributed by atoms with E-state index in [-0.39, 0.29) is 5.91 Å². The van der Waals surface area contributed by atoms with Crippen molar-refractivity contribution >= 4 is 17.2 Å². The highest BCUT2D eigenvalue weighted by Crippen LogP contribution is 2.23. The van der Waals surface area contributed by atoms with Crippen LogP contribution < -0.4 is 0 Å². The van der Waals surface area contributed by atoms with Gasteiger partial charge in [-0.3, -0.25) is 4.79 Å². The second-order valence-corrected chi connectivity index (χ2v) is 6.65. The Labute approximate surface area is 135 Å². The number of piperidine rings is 1. The number of hydrogen-bond acceptors (Lipinski definition) is 3. The van der Waals surface area contributed by atoms with Crippen LogP contribution in [0.1, 0.15) is 43.6 Å². The SMILES string of the molecule is CCc1nccn1[C@H]1CCCN(C(=O)CCc2ccsc2)C1. The molecule has 2 aromatic rings. The Morgan fingerprint density at radius 3 is 3.18 bits per heavy atom. The van der Waals surface area contributed by atoms with Crippen LogP contribution in [0.5, 0.6) is 0 Å². The van der Waals surface area contributed by atoms with E-state index in [1.165, 1.54) is 5.56 Å². The number of thiophene rings is 1. The van der Waals surface area contributed by atoms with Gasteiger partial charge >= 0.3 is 0 Å². The van der Waals surface area contributed by atoms with E-state index in [9.17, 15) is 4.79 Å². The van der Waals surface area contributed by atoms with Crippen LogP contribution in [0, 0.1) is 0 Å². The molecule has 1 atom stereocenters. The number of likely N-dealkylation sites (tertiary alicyclic amines) is 1. The number of carbonyl (C=O) groups is 1. The zero-order chi connectivity index (χ0) is 15.4. The maximum atomic E-state index is 12.5. The highest BCUT2D eigenvalue weighted by molar-refractivity contribution is 7.07. The van der Waals surface area contributed by atoms with Gasteiger partial charge in [-0.15, -0.1) is 0 Å². The summed E-state index contributed by atoms with van der Waals surface area (Å²) in [6.07, 6.45) is 8.56. The predicted octanol–water partition coefficient (Wildman–Crippen LogP) is 3.30. The van der Waals surface area contributed by atoms with Crippen LogP contribution in [-0.2, 0) is 17.6 Å². The minimum atomic E-state index is 0.286. The van der Waals surface area contributed by atoms with Gasteiger partial charge in [-0.25, -0.2) is 4.98 Å². The molecule has 0 N–H and O–H groups in total. The third kappa shape index (κ3) is 3.40. The molecule has 1 amide bonds. The largest absolute Gasteiger partial charge is 0.341 e. The number of hydrogen-bond donors (Lipinski definition) is 0. The summed E-state index contributed by atoms with van der Waals surface area (Å²) in [5.41, 5.74) is 1.27. The van der Waals surface area contributed by atoms with Crippen molar-refractivity contribution in [2.45, 2.75) is 45.1 Å². The first-order chi connectivity index (χ1) is 10.8. The first-order valence-corrected chi connectivity index (χ1v) is 9.02. The molecule has 0 radical (unpaired) electrons. The molecule has 2 aromatic heterocycles. The molecule has 1 saturated heterocycles. The van der Waals surface area contributed by atoms with Crippen LogP contribution in [0.4, 0.5) is 0 Å². The lowest BCUT2D eigenvalue weighted by Gasteiger charge is -2.34. The van der Waals surface area contributed by atoms with Gasteiger partial charge in [-0.05, 0) is 41.7 Å². The van der Waals surface area contributed by atoms with Gasteiger partial charge < -0.3 is 9.47 Å². The van der Waals surface area contributed by atoms with Crippen LogP contribution in [0.2, 0.25) is 0 Å². The van der Waals surface area contributed by atoms with Crippen molar-refractivity contribution in [1.29, 1.82) is 0 Å². The third-order valence-corrected chi connectivity index (χ3v) is 5.15. The van der Waals surface area contributed by atoms with Gasteiger partial charge in [0.05, 0.1) is 6.04 Å². The predicted molar refractivity (Wildman–Crippen MR) is 89.1 cm³/mol. The second kappa shape index (κ2) is 7.09. The van der Waals surface area contributed by atoms with E-state index in [0.717, 1.165) is 44.6 Å². The quantitative estimate of drug-likeness (QED) is 0.848. The number of aromatic nitrogens is 2. The van der Waals surface area contributed by atoms with Gasteiger partial charge in [0.25, 0.3) is 0 Å². The molecule has 4 nitrogen and oxygen atoms in total. The summed E-state index contributed by atoms with van der Waals surface area (Å²) in [5, 5.41) is 4.20. The fraction of sp³-hybridized carbons (Fsp3) is 0.529. The Kier molecular flexibility index (Phi) is 4.93. The number of aryl methyl sites for hydroxylation is 2. The molecular weight excluding hydrogens is 294 g/mol. The molecule has 1 aliphatic heterocycles. The highest BCUT2D eigenvalue weighted by atomic mass is 32.1. The van der Waals surface area contributed by atoms with Crippen LogP contribution in [0.15, 0.2) is 29.2 Å². The van der Waals surface area contributed by atoms with E-state index in [2.05, 4.69) is 39.5 Å². The zero-order valence-electron chi connectivity index (χ0n) is 13.1. The minimum Gasteiger partial charge on any atom is -0.341 e. The Hall–Kier alpha value is -1.62. The van der Waals surface area contributed by atoms with Gasteiger partial charge in [0, 0.05) is 38.3 Å². The standard InChI is InChI=1S/C17H23N3OS/c1-2-16-18-8-10-20(16)15-4-3-9-19(12-15)17(21)6-5-14-7-11-22-13-14/h7-8,10-11,13,15H,2-6,9,12H2,1H3/t15-/m0/s1. The maximum Gasteiger partial charge on any atom is 0.222 e. The summed E-state index contributed by atoms with van der Waals surface area (Å²) in [7, 11) is 0. The lowest BCUT2D eigenvalue weighted by Crippen LogP contribution is -2.41. The average molecular weight is 317 g/mol. The summed E-state index contributed by atoms with van der Waals surface area (Å²) >= 11 is 1.69. The number of carbonyl (C=O) groups excluding carboxylic acids is 1. The fourth-order valence-electron chi connectivity index (χ4n) is 3.20. The first kappa shape index (κ1) is 15.3. The van der Waals surface area contributed by atoms with Gasteiger partial charge in [0.15, 0.2) is 0 Å². The number of amides is 1. The van der Waals surface area contributed by atoms with Crippen LogP contribution in [-0.4, -0.2) is 33.4 Å². The molecule has 3 rings (SSSR count). The summed E-state index contributed by atoms with van der Waals surface area (Å²) in [6, 6.07) is 2.49. The van der Waals surface area contributed by atoms with Crippen molar-refractivity contribution in [3.05, 3.63) is 40.6 Å². The molecule has 1 fully saturated rings. The van der Waals surface area contributed by atoms with Crippen molar-refractivity contribution in [2.24, 2.45) is 0 Å². The highest BCUT2D eigenvalue weighted by Gasteiger charge is 2.25. The van der Waals surface area contributed by atoms with Gasteiger partial charge in [0.1, 0.15) is 5.82 Å². The van der Waals surface area contributed by atoms with Crippen LogP contribution in [0.25, 0.3) is 0 Å². The van der Waals surface area contributed by atoms with Crippen LogP contribution in [0.3, 0.4) is 0 Å². The Balaban J connectivity index is 1.59. The van der Waals surface area contributed by atoms with Gasteiger partial charge in [0.2, 0.25) is 5.91 Å². The Morgan fingerprint density at radius 1 is 1.50 bits per heavy atom. The van der Waals surface area contributed by atoms with E-state index in [4.69, 9.17) is 0 Å². The molecule has 118 valence electrons. The number of rotatable bonds is 5. The first-order valence-electron chi connectivity index (χ1n) is 8.08. The molecule has 22 heavy (non-hydrogen) atoms. The maximum absolute atomic E-state index is 12.5. The molecule has 0 aliphatic carbocycles. The van der Waals surface area contributed by atoms with Crippen molar-refractivity contribution in [1.82, 2.24) is 14.5 Å². The summed E-state index contributed by atoms with van der Waals surface area (Å²) in [6.45, 7) is 3.85. The molecule has 5 heteroatoms. The van der Waals surface area contributed by atoms with E-state index in [1.54, 1.807) is 11.3 Å². The molecule has 3 heterocycles. The normalized spacial score (nSPS) is 18.6. The van der Waals surface area contributed by atoms with Gasteiger partial charge in [-0.1, -0.05) is 6.92 Å². The molecule has 1 aliphatic rings. The lowest BCUT2D eigenvalue weighted by atomic mass is 10.0. The fourth-order valence-corrected chi connectivity index (χ4v) is 3.91. The van der Waals surface area contributed by atoms with Crippen molar-refractivity contribution in [3.63, 3.8) is 0 Å². The smallest absolute Gasteiger partial charge is 0.222 e. The molecule has 0 unspecified atom stereocenters. The topological polar surface area (TPSA) is 38.1 Å². The van der Waals surface area contributed by atoms with Gasteiger partial charge in [-0.2, -0.15) is 11.3 Å². The third-order valence-electron chi connectivity index (χ3n) is 4.42. The van der Waals surface area contributed by atoms with Crippen molar-refractivity contribution in [3.8, 4) is 0 Å². The zero-order valence-corrected chi connectivity index (χ0v) is 13.9. The number of nitrogens with zero attached hydrogens (tertiary/aromatic N) is 3. The van der Waals surface area contributed by atoms with Crippen molar-refractivity contribution in [2.75, 3.05) is 13.1 Å². The van der Waals surface area contributed by atoms with E-state index >= 15 is 0 Å². The Bertz CT molecular complexity index is 605. The van der Waals surface area contributed by atoms with E-state index in [0.29, 0.717) is 12.5 Å². The summed E-state index contributed by atoms with van der Waals surface area (Å²) in [4.78, 5) is 18.9. The number of imidazole rings is 1. The molecular formula is C17H23N3OS. The van der Waals surface area contributed by atoms with Crippen molar-refractivity contribution < 1.29 is 4.79 Å². The van der Waals surface area contributed by atoms with E-state index < -0.39 is 0 Å². The summed E-state index contributed by atoms with van der Waals surface area (Å²) < 4.78 is 2.26. The van der Waals surface area contributed by atoms with Crippen LogP contribution >= 0.6 is 11.3 Å². The minimum absolute atomic E-state index is 0.286. The van der Waals surface area contributed by atoms with E-state index in [1.807, 2.05) is 11.1 Å². The second-order valence-electron chi connectivity index (χ2n) is 5.87. The molecule has 0 spiro atoms. The molecule has 0 bridgehead atoms. The molecule has 0 saturated carbocycles. The average Bonchev–Trinajstić information content (AvgIpc) is 3.23. The Morgan fingerprint density at radius 2 is 2.41 bits per heavy atom. The monoisotopic (exact) mass is 317 g/mol. The molecule has 0 aromatic carbocycles. The summed E-state index contributed by atoms with van der Waals surface area (Å²) in [5.74, 6) is 1.41. The lowest BCUT2D eigenvalue weighted by molar-refractivity contribution is -0.132.